The van der Waals surface area contributed by atoms with Gasteiger partial charge < -0.3 is 133 Å². The van der Waals surface area contributed by atoms with Gasteiger partial charge in [0, 0.05) is 61.9 Å². The first-order chi connectivity index (χ1) is 59.4. The number of carboxylic acid groups (broad SMARTS) is 1. The Balaban J connectivity index is 1.26. The van der Waals surface area contributed by atoms with Crippen LogP contribution >= 0.6 is 11.8 Å². The van der Waals surface area contributed by atoms with Crippen molar-refractivity contribution in [2.45, 2.75) is 215 Å². The minimum atomic E-state index is -1.95. The summed E-state index contributed by atoms with van der Waals surface area (Å²) in [5, 5.41) is 105. The van der Waals surface area contributed by atoms with E-state index < -0.39 is 198 Å². The van der Waals surface area contributed by atoms with Gasteiger partial charge in [-0.1, -0.05) is 86.6 Å². The zero-order chi connectivity index (χ0) is 92.1. The lowest BCUT2D eigenvalue weighted by Gasteiger charge is -2.30. The van der Waals surface area contributed by atoms with Gasteiger partial charge in [-0.15, -0.1) is 0 Å². The van der Waals surface area contributed by atoms with Gasteiger partial charge in [-0.2, -0.15) is 11.8 Å². The molecule has 0 fully saturated rings. The zero-order valence-corrected chi connectivity index (χ0v) is 71.1. The van der Waals surface area contributed by atoms with Crippen molar-refractivity contribution in [2.24, 2.45) is 28.9 Å². The number of nitrogens with one attached hydrogen (secondary N) is 16. The molecule has 680 valence electrons. The average Bonchev–Trinajstić information content (AvgIpc) is 1.73. The first-order valence-electron chi connectivity index (χ1n) is 40.7. The molecule has 2 heterocycles. The summed E-state index contributed by atoms with van der Waals surface area (Å²) in [5.41, 5.74) is 25.5. The highest BCUT2D eigenvalue weighted by molar-refractivity contribution is 7.98. The minimum Gasteiger partial charge on any atom is -0.508 e. The van der Waals surface area contributed by atoms with Crippen LogP contribution < -0.4 is 92.1 Å². The van der Waals surface area contributed by atoms with Crippen LogP contribution in [0.15, 0.2) is 122 Å². The predicted molar refractivity (Wildman–Crippen MR) is 460 cm³/mol. The smallest absolute Gasteiger partial charge is 0.326 e. The van der Waals surface area contributed by atoms with Crippen LogP contribution in [0.25, 0.3) is 10.9 Å². The molecule has 125 heavy (non-hydrogen) atoms. The van der Waals surface area contributed by atoms with Crippen molar-refractivity contribution < 1.29 is 97.8 Å². The van der Waals surface area contributed by atoms with Crippen molar-refractivity contribution >= 4 is 111 Å². The number of guanidine groups is 1. The number of phenolic OH excluding ortho intramolecular Hbond substituents is 2. The van der Waals surface area contributed by atoms with Gasteiger partial charge in [0.05, 0.1) is 36.4 Å². The lowest BCUT2D eigenvalue weighted by atomic mass is 9.99. The molecule has 2 aromatic heterocycles. The number of carboxylic acids is 1. The molecule has 0 saturated heterocycles. The number of H-pyrrole nitrogens is 2. The Labute approximate surface area is 725 Å². The van der Waals surface area contributed by atoms with Crippen LogP contribution in [0.3, 0.4) is 0 Å². The van der Waals surface area contributed by atoms with E-state index in [1.54, 1.807) is 80.9 Å². The molecular weight excluding hydrogens is 1640 g/mol. The molecule has 16 atom stereocenters. The Morgan fingerprint density at radius 1 is 0.448 bits per heavy atom. The van der Waals surface area contributed by atoms with Crippen LogP contribution in [0.1, 0.15) is 114 Å². The number of unbranched alkanes of at least 4 members (excludes halogenated alkanes) is 1. The maximum Gasteiger partial charge on any atom is 0.326 e. The monoisotopic (exact) mass is 1760 g/mol. The third-order valence-electron chi connectivity index (χ3n) is 20.2. The number of fused-ring (bicyclic) bond motifs is 1. The van der Waals surface area contributed by atoms with Gasteiger partial charge in [0.25, 0.3) is 0 Å². The highest BCUT2D eigenvalue weighted by atomic mass is 32.2. The predicted octanol–water partition coefficient (Wildman–Crippen LogP) is -3.75. The third-order valence-corrected chi connectivity index (χ3v) is 20.8. The summed E-state index contributed by atoms with van der Waals surface area (Å²) in [6.07, 6.45) is -0.961. The number of carbonyl (C=O) groups is 14. The van der Waals surface area contributed by atoms with Crippen LogP contribution in [0.2, 0.25) is 0 Å². The number of hydrogen-bond acceptors (Lipinski definition) is 24. The van der Waals surface area contributed by atoms with E-state index in [0.29, 0.717) is 46.0 Å². The summed E-state index contributed by atoms with van der Waals surface area (Å²) in [4.78, 5) is 209. The van der Waals surface area contributed by atoms with Gasteiger partial charge in [0.1, 0.15) is 84.0 Å². The first-order valence-corrected chi connectivity index (χ1v) is 42.1. The number of aliphatic carboxylic acids is 1. The molecule has 0 aliphatic rings. The Morgan fingerprint density at radius 2 is 0.856 bits per heavy atom. The van der Waals surface area contributed by atoms with E-state index in [4.69, 9.17) is 28.3 Å². The molecule has 30 N–H and O–H groups in total. The van der Waals surface area contributed by atoms with Gasteiger partial charge in [-0.05, 0) is 149 Å². The Bertz CT molecular complexity index is 4600. The fraction of sp³-hybridized carbons (Fsp3) is 0.470. The maximum atomic E-state index is 15.1. The van der Waals surface area contributed by atoms with Crippen molar-refractivity contribution in [3.8, 4) is 11.5 Å². The number of phenols is 2. The number of amides is 13. The molecule has 41 nitrogen and oxygen atoms in total. The number of aromatic amines is 2. The van der Waals surface area contributed by atoms with Crippen LogP contribution in [0, 0.1) is 11.3 Å². The minimum absolute atomic E-state index is 0.0275. The summed E-state index contributed by atoms with van der Waals surface area (Å²) >= 11 is 1.25. The lowest BCUT2D eigenvalue weighted by Crippen LogP contribution is -2.63. The number of hydrogen-bond donors (Lipinski definition) is 26. The molecule has 0 bridgehead atoms. The fourth-order valence-corrected chi connectivity index (χ4v) is 13.7. The number of aromatic nitrogens is 3. The highest BCUT2D eigenvalue weighted by Crippen LogP contribution is 2.22. The quantitative estimate of drug-likeness (QED) is 0.00991. The number of aliphatic hydroxyl groups is 3. The molecule has 0 radical (unpaired) electrons. The fourth-order valence-electron chi connectivity index (χ4n) is 13.2. The van der Waals surface area contributed by atoms with E-state index in [1.807, 2.05) is 0 Å². The zero-order valence-electron chi connectivity index (χ0n) is 70.2. The Kier molecular flexibility index (Phi) is 41.0. The number of para-hydroxylation sites is 1. The van der Waals surface area contributed by atoms with Crippen LogP contribution in [-0.2, 0) is 99.2 Å². The number of aliphatic hydroxyl groups excluding tert-OH is 3. The van der Waals surface area contributed by atoms with Crippen molar-refractivity contribution in [3.05, 3.63) is 150 Å². The number of benzene rings is 4. The number of aromatic hydroxyl groups is 2. The molecule has 0 unspecified atom stereocenters. The number of imidazole rings is 1. The van der Waals surface area contributed by atoms with Crippen LogP contribution in [0.4, 0.5) is 0 Å². The van der Waals surface area contributed by atoms with Crippen molar-refractivity contribution in [2.75, 3.05) is 25.1 Å². The van der Waals surface area contributed by atoms with Gasteiger partial charge in [0.2, 0.25) is 76.8 Å². The van der Waals surface area contributed by atoms with E-state index in [-0.39, 0.29) is 100 Å². The molecular formula is C83H117N21O20S. The Hall–Kier alpha value is -12.8. The summed E-state index contributed by atoms with van der Waals surface area (Å²) < 4.78 is 0. The number of nitrogens with zero attached hydrogens (tertiary/aromatic N) is 1. The van der Waals surface area contributed by atoms with E-state index in [0.717, 1.165) is 13.8 Å². The van der Waals surface area contributed by atoms with Crippen molar-refractivity contribution in [1.29, 1.82) is 5.41 Å². The number of carbonyl (C=O) groups excluding carboxylic acids is 13. The Morgan fingerprint density at radius 3 is 1.32 bits per heavy atom. The SMILES string of the molecule is CSCC[C@H](NC(=O)[C@@H](NC(=O)[C@H](Cc1ccc(O)cc1)NC(=O)[C@H](CCCNC(=N)N)NC(=O)[C@@H](NC(=O)[C@H](Cc1ccccc1)NC(=O)[C@@H](NC(=O)[C@@H](N)Cc1ccc(O)cc1)[C@@H](C)O)[C@@H](C)O)[C@@H](C)O)C(=O)N[C@@H](Cc1c[nH]cn1)C(=O)N[C@@H](Cc1c[nH]c2ccccc12)C(=O)N[C@H](C(=O)N[C@@H](CCCCN)C(=O)N[C@@H](CCC(N)=O)C(=O)O)C(C)C. The van der Waals surface area contributed by atoms with Crippen LogP contribution in [0.5, 0.6) is 11.5 Å². The molecule has 0 spiro atoms. The van der Waals surface area contributed by atoms with Gasteiger partial charge in [-0.25, -0.2) is 9.78 Å². The number of thioether (sulfide) groups is 1. The average molecular weight is 1760 g/mol. The highest BCUT2D eigenvalue weighted by Gasteiger charge is 2.40. The number of rotatable bonds is 53. The molecule has 42 heteroatoms. The number of primary amides is 1. The van der Waals surface area contributed by atoms with Gasteiger partial charge in [-0.3, -0.25) is 67.7 Å². The molecule has 6 aromatic rings. The molecule has 6 rings (SSSR count). The van der Waals surface area contributed by atoms with Gasteiger partial charge >= 0.3 is 5.97 Å². The maximum absolute atomic E-state index is 15.1. The molecule has 0 aliphatic carbocycles. The second-order valence-electron chi connectivity index (χ2n) is 30.7. The second-order valence-corrected chi connectivity index (χ2v) is 31.6. The van der Waals surface area contributed by atoms with Crippen molar-refractivity contribution in [3.63, 3.8) is 0 Å². The van der Waals surface area contributed by atoms with E-state index in [9.17, 15) is 93.0 Å². The summed E-state index contributed by atoms with van der Waals surface area (Å²) in [6, 6.07) is 5.47. The first kappa shape index (κ1) is 101. The van der Waals surface area contributed by atoms with Crippen LogP contribution in [-0.4, -0.2) is 256 Å². The normalized spacial score (nSPS) is 15.1. The second kappa shape index (κ2) is 50.7. The van der Waals surface area contributed by atoms with Crippen molar-refractivity contribution in [1.82, 2.24) is 84.1 Å². The molecule has 13 amide bonds. The molecule has 0 aliphatic heterocycles. The van der Waals surface area contributed by atoms with E-state index in [2.05, 4.69) is 84.1 Å². The summed E-state index contributed by atoms with van der Waals surface area (Å²) in [5.74, 6) is -15.8. The largest absolute Gasteiger partial charge is 0.508 e. The standard InChI is InChI=1S/C83H117N21O20S/c1-43(2)66(78(119)93-57(19-12-13-32-84)71(112)96-60(82(123)124)29-30-65(86)110)101-77(118)63(38-50-40-91-56-18-11-10-17-54(50)56)98-74(115)64(39-51-41-89-42-92-51)99-73(114)59(31-34-125-6)95-80(121)69(46(5)107)103-75(116)61(37-49-23-27-53(109)28-24-49)97-72(113)58(20-14-33-90-83(87)88)94-79(120)68(45(4)106)104-76(117)62(36-47-15-8-7-9-16-47)100-81(122)67(44(3)105)102-70(111)55(85)35-48-21-25-52(108)26-22-48/h7-11,15-18,21-28,40-46,55,57-64,66-69,91,105-109H,12-14,19-20,29-39,84-85H2,1-6H3,(H2,86,110)(H,89,92)(H,93,119)(H,94,120)(H,95,121)(H,96,112)(H,97,113)(H,98,115)(H,99,114)(H,100,122)(H,101,118)(H,102,111)(H,103,116)(H,104,117)(H,123,124)(H4,87,88,90)/t44-,45-,46-,55+,57+,58+,59+,60+,61+,62+,63+,64+,66+,67+,68+,69+/m1/s1. The van der Waals surface area contributed by atoms with Gasteiger partial charge in [0.15, 0.2) is 5.96 Å². The summed E-state index contributed by atoms with van der Waals surface area (Å²) in [6.45, 7) is 6.81. The molecule has 4 aromatic carbocycles. The number of nitrogens with two attached hydrogens (primary N) is 4. The third kappa shape index (κ3) is 33.4. The molecule has 0 saturated carbocycles. The lowest BCUT2D eigenvalue weighted by molar-refractivity contribution is -0.142. The summed E-state index contributed by atoms with van der Waals surface area (Å²) in [7, 11) is 0. The van der Waals surface area contributed by atoms with E-state index in [1.165, 1.54) is 79.7 Å². The topological polar surface area (TPSA) is 689 Å². The van der Waals surface area contributed by atoms with E-state index >= 15 is 4.79 Å².